The average Bonchev–Trinajstić information content (AvgIpc) is 2.28. The smallest absolute Gasteiger partial charge is 0.239 e. The summed E-state index contributed by atoms with van der Waals surface area (Å²) in [6.45, 7) is -1.68. The third kappa shape index (κ3) is 3.60. The van der Waals surface area contributed by atoms with Crippen LogP contribution in [-0.4, -0.2) is 30.1 Å². The van der Waals surface area contributed by atoms with Crippen LogP contribution in [0.5, 0.6) is 0 Å². The Hall–Kier alpha value is -2.67. The topological polar surface area (TPSA) is 189 Å². The molecule has 0 radical (unpaired) electrons. The molecule has 0 unspecified atom stereocenters. The first-order chi connectivity index (χ1) is 7.63. The third-order valence-corrected chi connectivity index (χ3v) is 1.67. The molecule has 0 fully saturated rings. The van der Waals surface area contributed by atoms with Crippen molar-refractivity contribution in [3.8, 4) is 0 Å². The molecule has 0 saturated carbocycles. The van der Waals surface area contributed by atoms with Gasteiger partial charge in [0.1, 0.15) is 0 Å². The van der Waals surface area contributed by atoms with Gasteiger partial charge in [-0.15, -0.1) is 0 Å². The Morgan fingerprint density at radius 1 is 1.00 bits per heavy atom. The zero-order valence-electron chi connectivity index (χ0n) is 7.91. The van der Waals surface area contributed by atoms with Crippen molar-refractivity contribution in [2.45, 2.75) is 5.54 Å². The van der Waals surface area contributed by atoms with Gasteiger partial charge in [0.05, 0.1) is 19.6 Å². The van der Waals surface area contributed by atoms with Gasteiger partial charge in [0.25, 0.3) is 0 Å². The molecule has 0 spiro atoms. The van der Waals surface area contributed by atoms with E-state index in [1.807, 2.05) is 0 Å². The van der Waals surface area contributed by atoms with E-state index in [0.717, 1.165) is 0 Å². The summed E-state index contributed by atoms with van der Waals surface area (Å²) >= 11 is 0. The van der Waals surface area contributed by atoms with E-state index in [-0.39, 0.29) is 0 Å². The maximum atomic E-state index is 10.8. The number of hydrogen-bond donors (Lipinski definition) is 0. The van der Waals surface area contributed by atoms with Crippen LogP contribution in [0.25, 0.3) is 31.3 Å². The summed E-state index contributed by atoms with van der Waals surface area (Å²) in [4.78, 5) is 17.1. The van der Waals surface area contributed by atoms with Crippen LogP contribution in [0.15, 0.2) is 15.3 Å². The summed E-state index contributed by atoms with van der Waals surface area (Å²) in [6, 6.07) is 0. The second-order valence-corrected chi connectivity index (χ2v) is 2.65. The molecular formula is C4H6N10O2. The molecule has 0 aliphatic carbocycles. The lowest BCUT2D eigenvalue weighted by molar-refractivity contribution is -0.560. The number of hydrogen-bond acceptors (Lipinski definition) is 5. The van der Waals surface area contributed by atoms with Crippen LogP contribution in [0.4, 0.5) is 0 Å². The normalized spacial score (nSPS) is 12.2. The molecule has 0 heterocycles. The van der Waals surface area contributed by atoms with Gasteiger partial charge in [0.15, 0.2) is 0 Å². The van der Waals surface area contributed by atoms with E-state index >= 15 is 0 Å². The average molecular weight is 226 g/mol. The molecule has 0 atom stereocenters. The maximum Gasteiger partial charge on any atom is 0.239 e. The van der Waals surface area contributed by atoms with E-state index in [9.17, 15) is 10.1 Å². The largest absolute Gasteiger partial charge is 0.264 e. The fraction of sp³-hybridized carbons (Fsp3) is 1.00. The monoisotopic (exact) mass is 226 g/mol. The van der Waals surface area contributed by atoms with Crippen LogP contribution < -0.4 is 0 Å². The zero-order valence-corrected chi connectivity index (χ0v) is 7.91. The molecule has 0 rings (SSSR count). The first-order valence-electron chi connectivity index (χ1n) is 3.80. The summed E-state index contributed by atoms with van der Waals surface area (Å²) < 4.78 is 0. The molecule has 0 bridgehead atoms. The van der Waals surface area contributed by atoms with Gasteiger partial charge < -0.3 is 0 Å². The van der Waals surface area contributed by atoms with Crippen molar-refractivity contribution in [3.05, 3.63) is 41.4 Å². The van der Waals surface area contributed by atoms with E-state index in [4.69, 9.17) is 16.6 Å². The molecule has 84 valence electrons. The minimum Gasteiger partial charge on any atom is -0.264 e. The van der Waals surface area contributed by atoms with Crippen molar-refractivity contribution in [3.63, 3.8) is 0 Å². The molecule has 0 amide bonds. The highest BCUT2D eigenvalue weighted by Crippen LogP contribution is 2.13. The SMILES string of the molecule is [N-]=[N+]=NCC(CN=[N+]=[N-])(CN=[N+]=[N-])[N+](=O)[O-]. The fourth-order valence-electron chi connectivity index (χ4n) is 0.813. The summed E-state index contributed by atoms with van der Waals surface area (Å²) in [5.74, 6) is 0. The van der Waals surface area contributed by atoms with E-state index in [1.54, 1.807) is 0 Å². The van der Waals surface area contributed by atoms with Crippen LogP contribution in [0, 0.1) is 10.1 Å². The Labute approximate surface area is 87.9 Å². The van der Waals surface area contributed by atoms with Crippen molar-refractivity contribution in [2.24, 2.45) is 15.3 Å². The van der Waals surface area contributed by atoms with Crippen molar-refractivity contribution < 1.29 is 4.92 Å². The second kappa shape index (κ2) is 6.74. The molecule has 0 aliphatic rings. The summed E-state index contributed by atoms with van der Waals surface area (Å²) in [5, 5.41) is 19.9. The van der Waals surface area contributed by atoms with Crippen LogP contribution in [-0.2, 0) is 0 Å². The third-order valence-electron chi connectivity index (χ3n) is 1.67. The highest BCUT2D eigenvalue weighted by molar-refractivity contribution is 4.87. The highest BCUT2D eigenvalue weighted by atomic mass is 16.6. The molecule has 0 N–H and O–H groups in total. The molecule has 16 heavy (non-hydrogen) atoms. The molecule has 0 aliphatic heterocycles. The number of nitro groups is 1. The van der Waals surface area contributed by atoms with E-state index in [2.05, 4.69) is 30.1 Å². The molecule has 0 aromatic heterocycles. The predicted octanol–water partition coefficient (Wildman–Crippen LogP) is 1.93. The zero-order chi connectivity index (χ0) is 12.4. The van der Waals surface area contributed by atoms with Gasteiger partial charge in [-0.05, 0) is 16.6 Å². The minimum absolute atomic E-state index is 0.561. The molecule has 12 heteroatoms. The van der Waals surface area contributed by atoms with Gasteiger partial charge in [0, 0.05) is 19.7 Å². The van der Waals surface area contributed by atoms with Crippen molar-refractivity contribution in [1.82, 2.24) is 0 Å². The number of nitrogens with zero attached hydrogens (tertiary/aromatic N) is 10. The van der Waals surface area contributed by atoms with E-state index < -0.39 is 30.1 Å². The standard InChI is InChI=1S/C4H6N10O2/c5-11-8-1-4(14(15)16,2-9-12-6)3-10-13-7/h1-3H2. The van der Waals surface area contributed by atoms with Gasteiger partial charge in [-0.1, -0.05) is 15.3 Å². The number of azide groups is 3. The highest BCUT2D eigenvalue weighted by Gasteiger charge is 2.41. The van der Waals surface area contributed by atoms with E-state index in [0.29, 0.717) is 0 Å². The Balaban J connectivity index is 5.16. The van der Waals surface area contributed by atoms with Gasteiger partial charge in [-0.25, -0.2) is 0 Å². The Morgan fingerprint density at radius 3 is 1.50 bits per heavy atom. The lowest BCUT2D eigenvalue weighted by atomic mass is 10.0. The van der Waals surface area contributed by atoms with Crippen molar-refractivity contribution >= 4 is 0 Å². The Kier molecular flexibility index (Phi) is 5.61. The minimum atomic E-state index is -1.88. The maximum absolute atomic E-state index is 10.8. The predicted molar refractivity (Wildman–Crippen MR) is 51.8 cm³/mol. The van der Waals surface area contributed by atoms with Crippen molar-refractivity contribution in [1.29, 1.82) is 0 Å². The van der Waals surface area contributed by atoms with Gasteiger partial charge >= 0.3 is 0 Å². The fourth-order valence-corrected chi connectivity index (χ4v) is 0.813. The quantitative estimate of drug-likeness (QED) is 0.211. The molecule has 0 aromatic carbocycles. The summed E-state index contributed by atoms with van der Waals surface area (Å²) in [6.07, 6.45) is 0. The van der Waals surface area contributed by atoms with Crippen LogP contribution in [0.1, 0.15) is 0 Å². The Morgan fingerprint density at radius 2 is 1.31 bits per heavy atom. The molecular weight excluding hydrogens is 220 g/mol. The lowest BCUT2D eigenvalue weighted by Gasteiger charge is -2.18. The summed E-state index contributed by atoms with van der Waals surface area (Å²) in [5.41, 5.74) is 22.4. The van der Waals surface area contributed by atoms with Gasteiger partial charge in [0.2, 0.25) is 5.54 Å². The molecule has 12 nitrogen and oxygen atoms in total. The van der Waals surface area contributed by atoms with E-state index in [1.165, 1.54) is 0 Å². The summed E-state index contributed by atoms with van der Waals surface area (Å²) in [7, 11) is 0. The van der Waals surface area contributed by atoms with Crippen LogP contribution in [0.3, 0.4) is 0 Å². The first kappa shape index (κ1) is 13.3. The molecule has 0 saturated heterocycles. The van der Waals surface area contributed by atoms with Gasteiger partial charge in [-0.2, -0.15) is 0 Å². The lowest BCUT2D eigenvalue weighted by Crippen LogP contribution is -2.47. The second-order valence-electron chi connectivity index (χ2n) is 2.65. The van der Waals surface area contributed by atoms with Crippen LogP contribution in [0.2, 0.25) is 0 Å². The first-order valence-corrected chi connectivity index (χ1v) is 3.80. The Bertz CT molecular complexity index is 347. The molecule has 0 aromatic rings. The van der Waals surface area contributed by atoms with Crippen molar-refractivity contribution in [2.75, 3.05) is 19.6 Å². The van der Waals surface area contributed by atoms with Gasteiger partial charge in [-0.3, -0.25) is 10.1 Å². The van der Waals surface area contributed by atoms with Crippen LogP contribution >= 0.6 is 0 Å². The number of rotatable bonds is 7.